The second-order valence-corrected chi connectivity index (χ2v) is 3.86. The Morgan fingerprint density at radius 1 is 1.54 bits per heavy atom. The first-order valence-corrected chi connectivity index (χ1v) is 5.27. The Balaban J connectivity index is 2.21. The lowest BCUT2D eigenvalue weighted by atomic mass is 10.0. The van der Waals surface area contributed by atoms with E-state index in [9.17, 15) is 5.11 Å². The van der Waals surface area contributed by atoms with E-state index in [1.165, 1.54) is 12.8 Å². The Hall–Kier alpha value is -0.120. The molecule has 0 aliphatic carbocycles. The van der Waals surface area contributed by atoms with Crippen LogP contribution in [0.4, 0.5) is 0 Å². The zero-order valence-corrected chi connectivity index (χ0v) is 8.62. The van der Waals surface area contributed by atoms with Gasteiger partial charge in [-0.05, 0) is 26.3 Å². The molecule has 1 rings (SSSR count). The number of unbranched alkanes of at least 4 members (excludes halogenated alkanes) is 1. The van der Waals surface area contributed by atoms with E-state index in [-0.39, 0.29) is 18.2 Å². The molecule has 78 valence electrons. The quantitative estimate of drug-likeness (QED) is 0.643. The van der Waals surface area contributed by atoms with E-state index in [1.54, 1.807) is 0 Å². The molecule has 1 aliphatic rings. The average Bonchev–Trinajstić information content (AvgIpc) is 2.11. The van der Waals surface area contributed by atoms with E-state index in [0.29, 0.717) is 6.61 Å². The van der Waals surface area contributed by atoms with Crippen LogP contribution in [0.25, 0.3) is 0 Å². The number of aliphatic hydroxyl groups is 1. The van der Waals surface area contributed by atoms with Crippen molar-refractivity contribution in [2.24, 2.45) is 0 Å². The maximum Gasteiger partial charge on any atom is 0.0927 e. The molecule has 13 heavy (non-hydrogen) atoms. The monoisotopic (exact) mass is 187 g/mol. The largest absolute Gasteiger partial charge is 0.389 e. The van der Waals surface area contributed by atoms with Gasteiger partial charge in [0.05, 0.1) is 18.8 Å². The van der Waals surface area contributed by atoms with Gasteiger partial charge in [-0.2, -0.15) is 0 Å². The molecule has 1 heterocycles. The summed E-state index contributed by atoms with van der Waals surface area (Å²) >= 11 is 0. The number of hydrogen-bond acceptors (Lipinski definition) is 3. The lowest BCUT2D eigenvalue weighted by Gasteiger charge is -2.32. The van der Waals surface area contributed by atoms with Crippen molar-refractivity contribution in [3.8, 4) is 0 Å². The molecular formula is C10H21NO2. The van der Waals surface area contributed by atoms with Crippen LogP contribution in [0.3, 0.4) is 0 Å². The van der Waals surface area contributed by atoms with Gasteiger partial charge in [0.2, 0.25) is 0 Å². The molecule has 2 N–H and O–H groups in total. The van der Waals surface area contributed by atoms with Gasteiger partial charge in [0, 0.05) is 6.04 Å². The van der Waals surface area contributed by atoms with Crippen LogP contribution in [0.1, 0.15) is 33.1 Å². The van der Waals surface area contributed by atoms with E-state index in [1.807, 2.05) is 0 Å². The number of ether oxygens (including phenoxy) is 1. The molecule has 0 bridgehead atoms. The molecule has 0 amide bonds. The number of nitrogens with one attached hydrogen (secondary N) is 1. The molecule has 0 radical (unpaired) electrons. The highest BCUT2D eigenvalue weighted by atomic mass is 16.5. The lowest BCUT2D eigenvalue weighted by Crippen LogP contribution is -2.48. The van der Waals surface area contributed by atoms with Gasteiger partial charge in [-0.3, -0.25) is 0 Å². The minimum absolute atomic E-state index is 0.232. The number of aliphatic hydroxyl groups excluding tert-OH is 1. The van der Waals surface area contributed by atoms with Crippen molar-refractivity contribution in [1.82, 2.24) is 5.32 Å². The summed E-state index contributed by atoms with van der Waals surface area (Å²) in [6.45, 7) is 5.71. The van der Waals surface area contributed by atoms with Gasteiger partial charge >= 0.3 is 0 Å². The fourth-order valence-corrected chi connectivity index (χ4v) is 1.65. The molecule has 1 aliphatic heterocycles. The number of hydrogen-bond donors (Lipinski definition) is 2. The fraction of sp³-hybridized carbons (Fsp3) is 1.00. The maximum absolute atomic E-state index is 9.60. The van der Waals surface area contributed by atoms with Gasteiger partial charge in [-0.25, -0.2) is 0 Å². The highest BCUT2D eigenvalue weighted by Crippen LogP contribution is 2.13. The van der Waals surface area contributed by atoms with Crippen molar-refractivity contribution >= 4 is 0 Å². The van der Waals surface area contributed by atoms with Crippen LogP contribution < -0.4 is 5.32 Å². The van der Waals surface area contributed by atoms with Crippen LogP contribution in [0.2, 0.25) is 0 Å². The zero-order valence-electron chi connectivity index (χ0n) is 8.62. The highest BCUT2D eigenvalue weighted by molar-refractivity contribution is 4.81. The maximum atomic E-state index is 9.60. The van der Waals surface area contributed by atoms with Crippen LogP contribution in [-0.2, 0) is 4.74 Å². The Labute approximate surface area is 80.5 Å². The van der Waals surface area contributed by atoms with Gasteiger partial charge in [-0.15, -0.1) is 0 Å². The van der Waals surface area contributed by atoms with E-state index < -0.39 is 0 Å². The normalized spacial score (nSPS) is 34.8. The molecule has 3 heteroatoms. The molecule has 3 nitrogen and oxygen atoms in total. The molecule has 1 saturated heterocycles. The van der Waals surface area contributed by atoms with Crippen molar-refractivity contribution in [1.29, 1.82) is 0 Å². The van der Waals surface area contributed by atoms with Gasteiger partial charge in [0.15, 0.2) is 0 Å². The Morgan fingerprint density at radius 3 is 3.00 bits per heavy atom. The SMILES string of the molecule is CCCCN[C@H]1C[C@@H](C)OC[C@@H]1O. The van der Waals surface area contributed by atoms with E-state index in [4.69, 9.17) is 4.74 Å². The molecule has 0 aromatic heterocycles. The molecule has 0 aromatic carbocycles. The second kappa shape index (κ2) is 5.58. The average molecular weight is 187 g/mol. The third-order valence-electron chi connectivity index (χ3n) is 2.54. The first-order chi connectivity index (χ1) is 6.24. The molecular weight excluding hydrogens is 166 g/mol. The molecule has 1 fully saturated rings. The predicted octanol–water partition coefficient (Wildman–Crippen LogP) is 0.914. The van der Waals surface area contributed by atoms with E-state index in [0.717, 1.165) is 13.0 Å². The van der Waals surface area contributed by atoms with Crippen LogP contribution >= 0.6 is 0 Å². The molecule has 0 aromatic rings. The topological polar surface area (TPSA) is 41.5 Å². The van der Waals surface area contributed by atoms with E-state index in [2.05, 4.69) is 19.2 Å². The third kappa shape index (κ3) is 3.63. The van der Waals surface area contributed by atoms with Gasteiger partial charge in [-0.1, -0.05) is 13.3 Å². The Bertz CT molecular complexity index is 141. The third-order valence-corrected chi connectivity index (χ3v) is 2.54. The van der Waals surface area contributed by atoms with Crippen molar-refractivity contribution in [2.75, 3.05) is 13.2 Å². The summed E-state index contributed by atoms with van der Waals surface area (Å²) in [4.78, 5) is 0. The van der Waals surface area contributed by atoms with Crippen molar-refractivity contribution in [3.63, 3.8) is 0 Å². The van der Waals surface area contributed by atoms with Crippen LogP contribution in [0, 0.1) is 0 Å². The van der Waals surface area contributed by atoms with Crippen molar-refractivity contribution in [3.05, 3.63) is 0 Å². The molecule has 3 atom stereocenters. The van der Waals surface area contributed by atoms with Crippen LogP contribution in [0.15, 0.2) is 0 Å². The van der Waals surface area contributed by atoms with Gasteiger partial charge < -0.3 is 15.2 Å². The second-order valence-electron chi connectivity index (χ2n) is 3.86. The standard InChI is InChI=1S/C10H21NO2/c1-3-4-5-11-9-6-8(2)13-7-10(9)12/h8-12H,3-7H2,1-2H3/t8-,9+,10+/m1/s1. The summed E-state index contributed by atoms with van der Waals surface area (Å²) in [5.41, 5.74) is 0. The van der Waals surface area contributed by atoms with Crippen molar-refractivity contribution < 1.29 is 9.84 Å². The Morgan fingerprint density at radius 2 is 2.31 bits per heavy atom. The van der Waals surface area contributed by atoms with Gasteiger partial charge in [0.1, 0.15) is 0 Å². The fourth-order valence-electron chi connectivity index (χ4n) is 1.65. The smallest absolute Gasteiger partial charge is 0.0927 e. The predicted molar refractivity (Wildman–Crippen MR) is 52.7 cm³/mol. The summed E-state index contributed by atoms with van der Waals surface area (Å²) in [5, 5.41) is 13.0. The summed E-state index contributed by atoms with van der Waals surface area (Å²) in [7, 11) is 0. The minimum atomic E-state index is -0.326. The molecule has 0 saturated carbocycles. The molecule has 0 spiro atoms. The summed E-state index contributed by atoms with van der Waals surface area (Å²) in [5.74, 6) is 0. The van der Waals surface area contributed by atoms with E-state index >= 15 is 0 Å². The lowest BCUT2D eigenvalue weighted by molar-refractivity contribution is -0.0662. The summed E-state index contributed by atoms with van der Waals surface area (Å²) in [6, 6.07) is 0.232. The first kappa shape index (κ1) is 11.0. The highest BCUT2D eigenvalue weighted by Gasteiger charge is 2.26. The summed E-state index contributed by atoms with van der Waals surface area (Å²) in [6.07, 6.45) is 3.25. The Kier molecular flexibility index (Phi) is 4.70. The van der Waals surface area contributed by atoms with Crippen molar-refractivity contribution in [2.45, 2.75) is 51.4 Å². The number of rotatable bonds is 4. The zero-order chi connectivity index (χ0) is 9.68. The van der Waals surface area contributed by atoms with Crippen LogP contribution in [0.5, 0.6) is 0 Å². The first-order valence-electron chi connectivity index (χ1n) is 5.27. The minimum Gasteiger partial charge on any atom is -0.389 e. The van der Waals surface area contributed by atoms with Gasteiger partial charge in [0.25, 0.3) is 0 Å². The van der Waals surface area contributed by atoms with Crippen LogP contribution in [-0.4, -0.2) is 36.5 Å². The summed E-state index contributed by atoms with van der Waals surface area (Å²) < 4.78 is 5.34. The molecule has 0 unspecified atom stereocenters.